The number of hydrogen-bond donors (Lipinski definition) is 0. The summed E-state index contributed by atoms with van der Waals surface area (Å²) in [4.78, 5) is 11.2. The highest BCUT2D eigenvalue weighted by molar-refractivity contribution is 7.99. The summed E-state index contributed by atoms with van der Waals surface area (Å²) in [5, 5.41) is 8.50. The van der Waals surface area contributed by atoms with Crippen LogP contribution < -0.4 is 0 Å². The molecule has 0 aliphatic carbocycles. The maximum Gasteiger partial charge on any atom is 0.200 e. The zero-order chi connectivity index (χ0) is 13.2. The minimum absolute atomic E-state index is 0.260. The van der Waals surface area contributed by atoms with Gasteiger partial charge in [0.25, 0.3) is 0 Å². The normalized spacial score (nSPS) is 10.8. The average molecular weight is 273 g/mol. The number of rotatable bonds is 3. The molecule has 0 atom stereocenters. The SMILES string of the molecule is O=Cc1cccc(F)c1Sc1nnc2ccccn12. The molecule has 3 rings (SSSR count). The highest BCUT2D eigenvalue weighted by Crippen LogP contribution is 2.31. The Morgan fingerprint density at radius 3 is 2.89 bits per heavy atom. The van der Waals surface area contributed by atoms with Crippen LogP contribution in [0.15, 0.2) is 52.6 Å². The summed E-state index contributed by atoms with van der Waals surface area (Å²) in [5.41, 5.74) is 0.978. The molecule has 0 fully saturated rings. The molecule has 1 aromatic carbocycles. The molecule has 0 unspecified atom stereocenters. The van der Waals surface area contributed by atoms with E-state index in [1.54, 1.807) is 22.7 Å². The molecule has 2 heterocycles. The summed E-state index contributed by atoms with van der Waals surface area (Å²) in [6, 6.07) is 9.88. The van der Waals surface area contributed by atoms with Crippen molar-refractivity contribution in [3.63, 3.8) is 0 Å². The van der Waals surface area contributed by atoms with Gasteiger partial charge in [-0.1, -0.05) is 18.2 Å². The van der Waals surface area contributed by atoms with Crippen LogP contribution in [0.5, 0.6) is 0 Å². The molecule has 0 radical (unpaired) electrons. The van der Waals surface area contributed by atoms with Crippen LogP contribution in [0.4, 0.5) is 4.39 Å². The van der Waals surface area contributed by atoms with Crippen molar-refractivity contribution in [2.24, 2.45) is 0 Å². The van der Waals surface area contributed by atoms with Gasteiger partial charge in [-0.2, -0.15) is 0 Å². The average Bonchev–Trinajstić information content (AvgIpc) is 2.84. The van der Waals surface area contributed by atoms with Crippen LogP contribution in [0.25, 0.3) is 5.65 Å². The van der Waals surface area contributed by atoms with Gasteiger partial charge in [-0.15, -0.1) is 10.2 Å². The Bertz CT molecular complexity index is 756. The highest BCUT2D eigenvalue weighted by Gasteiger charge is 2.13. The molecule has 2 aromatic heterocycles. The van der Waals surface area contributed by atoms with E-state index < -0.39 is 5.82 Å². The van der Waals surface area contributed by atoms with Crippen molar-refractivity contribution in [1.82, 2.24) is 14.6 Å². The largest absolute Gasteiger partial charge is 0.298 e. The molecule has 0 bridgehead atoms. The lowest BCUT2D eigenvalue weighted by Gasteiger charge is -2.04. The van der Waals surface area contributed by atoms with E-state index in [4.69, 9.17) is 0 Å². The van der Waals surface area contributed by atoms with Gasteiger partial charge in [-0.3, -0.25) is 9.20 Å². The second-order valence-corrected chi connectivity index (χ2v) is 4.77. The number of nitrogens with zero attached hydrogens (tertiary/aromatic N) is 3. The Balaban J connectivity index is 2.09. The van der Waals surface area contributed by atoms with E-state index in [-0.39, 0.29) is 4.90 Å². The van der Waals surface area contributed by atoms with Crippen LogP contribution in [-0.2, 0) is 0 Å². The first-order valence-electron chi connectivity index (χ1n) is 5.51. The number of aromatic nitrogens is 3. The third-order valence-electron chi connectivity index (χ3n) is 2.60. The predicted octanol–water partition coefficient (Wildman–Crippen LogP) is 2.83. The molecule has 4 nitrogen and oxygen atoms in total. The maximum absolute atomic E-state index is 13.8. The van der Waals surface area contributed by atoms with Crippen LogP contribution in [0.1, 0.15) is 10.4 Å². The fourth-order valence-corrected chi connectivity index (χ4v) is 2.62. The fraction of sp³-hybridized carbons (Fsp3) is 0. The predicted molar refractivity (Wildman–Crippen MR) is 68.9 cm³/mol. The molecular weight excluding hydrogens is 265 g/mol. The molecule has 0 N–H and O–H groups in total. The maximum atomic E-state index is 13.8. The van der Waals surface area contributed by atoms with Crippen LogP contribution in [0.2, 0.25) is 0 Å². The van der Waals surface area contributed by atoms with Gasteiger partial charge in [0.2, 0.25) is 5.16 Å². The summed E-state index contributed by atoms with van der Waals surface area (Å²) < 4.78 is 15.5. The summed E-state index contributed by atoms with van der Waals surface area (Å²) in [6.45, 7) is 0. The smallest absolute Gasteiger partial charge is 0.200 e. The van der Waals surface area contributed by atoms with Crippen LogP contribution >= 0.6 is 11.8 Å². The lowest BCUT2D eigenvalue weighted by atomic mass is 10.2. The van der Waals surface area contributed by atoms with Gasteiger partial charge in [0, 0.05) is 11.8 Å². The Hall–Kier alpha value is -2.21. The van der Waals surface area contributed by atoms with Crippen molar-refractivity contribution in [2.75, 3.05) is 0 Å². The molecule has 0 saturated carbocycles. The van der Waals surface area contributed by atoms with Gasteiger partial charge in [0.1, 0.15) is 5.82 Å². The van der Waals surface area contributed by atoms with Crippen molar-refractivity contribution in [3.8, 4) is 0 Å². The first-order valence-corrected chi connectivity index (χ1v) is 6.32. The number of pyridine rings is 1. The van der Waals surface area contributed by atoms with Gasteiger partial charge < -0.3 is 0 Å². The Kier molecular flexibility index (Phi) is 3.00. The molecule has 0 aliphatic rings. The summed E-state index contributed by atoms with van der Waals surface area (Å²) >= 11 is 1.08. The molecule has 0 aliphatic heterocycles. The molecule has 6 heteroatoms. The summed E-state index contributed by atoms with van der Waals surface area (Å²) in [5.74, 6) is -0.442. The molecule has 0 amide bonds. The minimum atomic E-state index is -0.442. The first kappa shape index (κ1) is 11.9. The molecule has 0 spiro atoms. The molecule has 3 aromatic rings. The van der Waals surface area contributed by atoms with E-state index in [1.165, 1.54) is 12.1 Å². The molecule has 0 saturated heterocycles. The van der Waals surface area contributed by atoms with Crippen molar-refractivity contribution < 1.29 is 9.18 Å². The van der Waals surface area contributed by atoms with E-state index in [0.29, 0.717) is 22.7 Å². The number of hydrogen-bond acceptors (Lipinski definition) is 4. The molecular formula is C13H8FN3OS. The standard InChI is InChI=1S/C13H8FN3OS/c14-10-5-3-4-9(8-18)12(10)19-13-16-15-11-6-1-2-7-17(11)13/h1-8H. The van der Waals surface area contributed by atoms with E-state index in [2.05, 4.69) is 10.2 Å². The van der Waals surface area contributed by atoms with Crippen LogP contribution in [0, 0.1) is 5.82 Å². The zero-order valence-corrected chi connectivity index (χ0v) is 10.5. The van der Waals surface area contributed by atoms with E-state index in [1.807, 2.05) is 12.1 Å². The third kappa shape index (κ3) is 2.10. The van der Waals surface area contributed by atoms with Crippen molar-refractivity contribution in [1.29, 1.82) is 0 Å². The molecule has 94 valence electrons. The fourth-order valence-electron chi connectivity index (χ4n) is 1.71. The lowest BCUT2D eigenvalue weighted by Crippen LogP contribution is -1.92. The topological polar surface area (TPSA) is 47.3 Å². The monoisotopic (exact) mass is 273 g/mol. The lowest BCUT2D eigenvalue weighted by molar-refractivity contribution is 0.112. The summed E-state index contributed by atoms with van der Waals surface area (Å²) in [7, 11) is 0. The Morgan fingerprint density at radius 1 is 1.16 bits per heavy atom. The summed E-state index contributed by atoms with van der Waals surface area (Å²) in [6.07, 6.45) is 2.42. The van der Waals surface area contributed by atoms with Gasteiger partial charge in [0.15, 0.2) is 11.9 Å². The number of carbonyl (C=O) groups excluding carboxylic acids is 1. The van der Waals surface area contributed by atoms with E-state index in [9.17, 15) is 9.18 Å². The number of halogens is 1. The minimum Gasteiger partial charge on any atom is -0.298 e. The first-order chi connectivity index (χ1) is 9.29. The van der Waals surface area contributed by atoms with Crippen molar-refractivity contribution >= 4 is 23.7 Å². The number of benzene rings is 1. The number of aldehydes is 1. The van der Waals surface area contributed by atoms with Gasteiger partial charge in [0.05, 0.1) is 4.90 Å². The molecule has 19 heavy (non-hydrogen) atoms. The quantitative estimate of drug-likeness (QED) is 0.688. The van der Waals surface area contributed by atoms with Crippen LogP contribution in [-0.4, -0.2) is 20.9 Å². The number of carbonyl (C=O) groups is 1. The zero-order valence-electron chi connectivity index (χ0n) is 9.65. The van der Waals surface area contributed by atoms with Crippen molar-refractivity contribution in [3.05, 3.63) is 54.0 Å². The number of fused-ring (bicyclic) bond motifs is 1. The second-order valence-electron chi connectivity index (χ2n) is 3.79. The van der Waals surface area contributed by atoms with Gasteiger partial charge in [-0.25, -0.2) is 4.39 Å². The van der Waals surface area contributed by atoms with Crippen LogP contribution in [0.3, 0.4) is 0 Å². The van der Waals surface area contributed by atoms with E-state index >= 15 is 0 Å². The highest BCUT2D eigenvalue weighted by atomic mass is 32.2. The van der Waals surface area contributed by atoms with Crippen molar-refractivity contribution in [2.45, 2.75) is 10.1 Å². The van der Waals surface area contributed by atoms with Gasteiger partial charge >= 0.3 is 0 Å². The van der Waals surface area contributed by atoms with E-state index in [0.717, 1.165) is 11.8 Å². The Labute approximate surface area is 112 Å². The third-order valence-corrected chi connectivity index (χ3v) is 3.70. The van der Waals surface area contributed by atoms with Gasteiger partial charge in [-0.05, 0) is 30.0 Å². The second kappa shape index (κ2) is 4.81. The Morgan fingerprint density at radius 2 is 2.05 bits per heavy atom.